The van der Waals surface area contributed by atoms with Crippen molar-refractivity contribution in [2.45, 2.75) is 0 Å². The van der Waals surface area contributed by atoms with Crippen LogP contribution in [0.5, 0.6) is 5.75 Å². The number of hydrogen-bond donors (Lipinski definition) is 3. The lowest BCUT2D eigenvalue weighted by Gasteiger charge is -2.21. The molecule has 1 aliphatic rings. The van der Waals surface area contributed by atoms with Gasteiger partial charge in [-0.2, -0.15) is 8.42 Å². The van der Waals surface area contributed by atoms with Crippen molar-refractivity contribution in [3.05, 3.63) is 48.0 Å². The minimum Gasteiger partial charge on any atom is -0.506 e. The summed E-state index contributed by atoms with van der Waals surface area (Å²) in [6, 6.07) is 6.31. The molecule has 150 valence electrons. The molecule has 2 aromatic rings. The van der Waals surface area contributed by atoms with E-state index in [4.69, 9.17) is 0 Å². The van der Waals surface area contributed by atoms with E-state index in [1.807, 2.05) is 4.72 Å². The maximum atomic E-state index is 14.4. The Hall–Kier alpha value is -2.93. The fourth-order valence-corrected chi connectivity index (χ4v) is 4.34. The average Bonchev–Trinajstić information content (AvgIpc) is 2.92. The van der Waals surface area contributed by atoms with Gasteiger partial charge in [-0.05, 0) is 24.3 Å². The highest BCUT2D eigenvalue weighted by atomic mass is 32.2. The smallest absolute Gasteiger partial charge is 0.323 e. The number of carbonyl (C=O) groups is 1. The van der Waals surface area contributed by atoms with E-state index in [1.165, 1.54) is 19.2 Å². The molecule has 0 bridgehead atoms. The van der Waals surface area contributed by atoms with E-state index in [9.17, 15) is 31.3 Å². The first-order valence-electron chi connectivity index (χ1n) is 7.62. The summed E-state index contributed by atoms with van der Waals surface area (Å²) < 4.78 is 69.8. The molecule has 0 saturated carbocycles. The Morgan fingerprint density at radius 2 is 1.89 bits per heavy atom. The summed E-state index contributed by atoms with van der Waals surface area (Å²) >= 11 is -2.07. The minimum absolute atomic E-state index is 0.146. The van der Waals surface area contributed by atoms with Crippen LogP contribution in [0.3, 0.4) is 0 Å². The number of phenols is 1. The highest BCUT2D eigenvalue weighted by molar-refractivity contribution is 7.94. The van der Waals surface area contributed by atoms with E-state index in [-0.39, 0.29) is 11.4 Å². The van der Waals surface area contributed by atoms with Crippen molar-refractivity contribution in [2.75, 3.05) is 26.9 Å². The summed E-state index contributed by atoms with van der Waals surface area (Å²) in [7, 11) is -3.02. The first kappa shape index (κ1) is 19.8. The number of carbonyl (C=O) groups excluding carboxylic acids is 1. The maximum Gasteiger partial charge on any atom is 0.323 e. The number of rotatable bonds is 5. The minimum atomic E-state index is -4.22. The fraction of sp³-hybridized carbons (Fsp3) is 0.133. The monoisotopic (exact) mass is 432 g/mol. The lowest BCUT2D eigenvalue weighted by Crippen LogP contribution is -2.32. The summed E-state index contributed by atoms with van der Waals surface area (Å²) in [5, 5.41) is 10.1. The third-order valence-corrected chi connectivity index (χ3v) is 6.32. The average molecular weight is 432 g/mol. The van der Waals surface area contributed by atoms with Gasteiger partial charge < -0.3 is 5.11 Å². The van der Waals surface area contributed by atoms with E-state index in [1.54, 1.807) is 0 Å². The Kier molecular flexibility index (Phi) is 5.12. The van der Waals surface area contributed by atoms with Gasteiger partial charge in [0.25, 0.3) is 5.91 Å². The van der Waals surface area contributed by atoms with E-state index in [2.05, 4.69) is 4.72 Å². The molecule has 1 atom stereocenters. The molecule has 1 fully saturated rings. The van der Waals surface area contributed by atoms with Crippen LogP contribution in [-0.2, 0) is 26.2 Å². The third kappa shape index (κ3) is 3.84. The predicted octanol–water partition coefficient (Wildman–Crippen LogP) is 0.978. The number of nitrogens with zero attached hydrogens (tertiary/aromatic N) is 2. The molecule has 1 amide bonds. The highest BCUT2D eigenvalue weighted by Gasteiger charge is 2.32. The Balaban J connectivity index is 1.87. The largest absolute Gasteiger partial charge is 0.506 e. The van der Waals surface area contributed by atoms with Gasteiger partial charge in [-0.3, -0.25) is 22.8 Å². The number of phenolic OH excluding ortho intramolecular Hbond substituents is 1. The van der Waals surface area contributed by atoms with E-state index < -0.39 is 56.9 Å². The molecule has 9 nitrogen and oxygen atoms in total. The lowest BCUT2D eigenvalue weighted by atomic mass is 10.2. The molecule has 3 rings (SSSR count). The van der Waals surface area contributed by atoms with Crippen LogP contribution in [0.4, 0.5) is 25.8 Å². The molecule has 0 radical (unpaired) electrons. The molecule has 28 heavy (non-hydrogen) atoms. The van der Waals surface area contributed by atoms with E-state index in [0.29, 0.717) is 0 Å². The van der Waals surface area contributed by atoms with Crippen LogP contribution in [0, 0.1) is 11.6 Å². The Labute approximate surface area is 161 Å². The summed E-state index contributed by atoms with van der Waals surface area (Å²) in [4.78, 5) is 11.3. The molecule has 1 unspecified atom stereocenters. The summed E-state index contributed by atoms with van der Waals surface area (Å²) in [6.07, 6.45) is 0. The first-order valence-corrected chi connectivity index (χ1v) is 10.2. The number of nitrogens with one attached hydrogen (secondary N) is 2. The second-order valence-electron chi connectivity index (χ2n) is 5.69. The number of aromatic hydroxyl groups is 1. The molecule has 13 heteroatoms. The van der Waals surface area contributed by atoms with Gasteiger partial charge in [0.2, 0.25) is 11.2 Å². The zero-order chi connectivity index (χ0) is 20.6. The standard InChI is InChI=1S/C15H14F2N4O5S2/c1-20(11-4-2-9(16)3-5-11)28(25,26)19-10-6-12(17)15(13(22)7-10)21-8-14(23)18-27(21)24/h2-7,19,22H,8H2,1H3,(H,18,23). The van der Waals surface area contributed by atoms with Gasteiger partial charge in [-0.15, -0.1) is 0 Å². The molecule has 2 aromatic carbocycles. The Morgan fingerprint density at radius 1 is 1.25 bits per heavy atom. The van der Waals surface area contributed by atoms with E-state index in [0.717, 1.165) is 32.9 Å². The molecule has 1 heterocycles. The van der Waals surface area contributed by atoms with Gasteiger partial charge in [-0.1, -0.05) is 0 Å². The first-order chi connectivity index (χ1) is 13.1. The molecular formula is C15H14F2N4O5S2. The molecule has 1 saturated heterocycles. The zero-order valence-corrected chi connectivity index (χ0v) is 15.9. The summed E-state index contributed by atoms with van der Waals surface area (Å²) in [5.74, 6) is -2.97. The van der Waals surface area contributed by atoms with Crippen LogP contribution < -0.4 is 18.1 Å². The van der Waals surface area contributed by atoms with Gasteiger partial charge in [0.05, 0.1) is 11.4 Å². The third-order valence-electron chi connectivity index (χ3n) is 3.78. The maximum absolute atomic E-state index is 14.4. The number of halogens is 2. The van der Waals surface area contributed by atoms with Crippen molar-refractivity contribution in [2.24, 2.45) is 0 Å². The van der Waals surface area contributed by atoms with Crippen LogP contribution in [0.1, 0.15) is 0 Å². The zero-order valence-electron chi connectivity index (χ0n) is 14.2. The van der Waals surface area contributed by atoms with Gasteiger partial charge in [0.15, 0.2) is 5.82 Å². The van der Waals surface area contributed by atoms with Crippen molar-refractivity contribution in [1.29, 1.82) is 0 Å². The van der Waals surface area contributed by atoms with Gasteiger partial charge in [0.1, 0.15) is 23.8 Å². The number of anilines is 3. The number of amides is 1. The van der Waals surface area contributed by atoms with Crippen LogP contribution in [0.15, 0.2) is 36.4 Å². The van der Waals surface area contributed by atoms with Crippen molar-refractivity contribution in [3.63, 3.8) is 0 Å². The molecule has 3 N–H and O–H groups in total. The van der Waals surface area contributed by atoms with Gasteiger partial charge in [0, 0.05) is 19.2 Å². The summed E-state index contributed by atoms with van der Waals surface area (Å²) in [5.41, 5.74) is -0.671. The van der Waals surface area contributed by atoms with Crippen molar-refractivity contribution in [1.82, 2.24) is 4.72 Å². The SMILES string of the molecule is CN(c1ccc(F)cc1)S(=O)(=O)Nc1cc(O)c(N2CC(=O)NS2=O)c(F)c1. The number of hydrogen-bond acceptors (Lipinski definition) is 5. The Morgan fingerprint density at radius 3 is 2.43 bits per heavy atom. The molecule has 1 aliphatic heterocycles. The second-order valence-corrected chi connectivity index (χ2v) is 8.53. The van der Waals surface area contributed by atoms with Crippen molar-refractivity contribution >= 4 is 44.4 Å². The quantitative estimate of drug-likeness (QED) is 0.651. The number of benzene rings is 2. The predicted molar refractivity (Wildman–Crippen MR) is 99.0 cm³/mol. The topological polar surface area (TPSA) is 119 Å². The second kappa shape index (κ2) is 7.24. The van der Waals surface area contributed by atoms with Gasteiger partial charge in [-0.25, -0.2) is 13.0 Å². The molecular weight excluding hydrogens is 418 g/mol. The van der Waals surface area contributed by atoms with Gasteiger partial charge >= 0.3 is 10.2 Å². The van der Waals surface area contributed by atoms with Crippen molar-refractivity contribution < 1.29 is 31.3 Å². The van der Waals surface area contributed by atoms with Crippen molar-refractivity contribution in [3.8, 4) is 5.75 Å². The summed E-state index contributed by atoms with van der Waals surface area (Å²) in [6.45, 7) is -0.435. The van der Waals surface area contributed by atoms with Crippen LogP contribution in [0.25, 0.3) is 0 Å². The Bertz CT molecular complexity index is 1040. The van der Waals surface area contributed by atoms with Crippen LogP contribution in [0.2, 0.25) is 0 Å². The van der Waals surface area contributed by atoms with E-state index >= 15 is 0 Å². The molecule has 0 aromatic heterocycles. The molecule has 0 spiro atoms. The lowest BCUT2D eigenvalue weighted by molar-refractivity contribution is -0.117. The van der Waals surface area contributed by atoms with Crippen LogP contribution >= 0.6 is 0 Å². The normalized spacial score (nSPS) is 16.8. The highest BCUT2D eigenvalue weighted by Crippen LogP contribution is 2.35. The molecule has 0 aliphatic carbocycles. The fourth-order valence-electron chi connectivity index (χ4n) is 2.43. The van der Waals surface area contributed by atoms with Crippen LogP contribution in [-0.4, -0.2) is 37.2 Å².